The zero-order chi connectivity index (χ0) is 36.8. The van der Waals surface area contributed by atoms with Gasteiger partial charge in [-0.2, -0.15) is 0 Å². The Morgan fingerprint density at radius 1 is 0.600 bits per heavy atom. The Morgan fingerprint density at radius 2 is 1.14 bits per heavy atom. The van der Waals surface area contributed by atoms with Crippen LogP contribution in [0.2, 0.25) is 0 Å². The van der Waals surface area contributed by atoms with Crippen LogP contribution in [0.3, 0.4) is 0 Å². The molecule has 0 fully saturated rings. The number of alkyl halides is 1. The van der Waals surface area contributed by atoms with Gasteiger partial charge in [-0.15, -0.1) is 0 Å². The summed E-state index contributed by atoms with van der Waals surface area (Å²) < 4.78 is 79.2. The molecule has 0 amide bonds. The molecule has 0 bridgehead atoms. The molecule has 0 radical (unpaired) electrons. The summed E-state index contributed by atoms with van der Waals surface area (Å²) in [6.45, 7) is 5.33. The van der Waals surface area contributed by atoms with Crippen LogP contribution in [0, 0.1) is 23.3 Å². The van der Waals surface area contributed by atoms with Crippen molar-refractivity contribution in [2.75, 3.05) is 46.9 Å². The summed E-state index contributed by atoms with van der Waals surface area (Å²) in [7, 11) is 2.03. The van der Waals surface area contributed by atoms with Crippen LogP contribution in [0.15, 0.2) is 80.6 Å². The first-order valence-corrected chi connectivity index (χ1v) is 15.3. The highest BCUT2D eigenvalue weighted by Gasteiger charge is 2.21. The van der Waals surface area contributed by atoms with Gasteiger partial charge < -0.3 is 29.2 Å². The number of likely N-dealkylation sites (N-methyl/N-ethyl adjacent to an activating group) is 3. The molecule has 9 nitrogen and oxygen atoms in total. The fourth-order valence-electron chi connectivity index (χ4n) is 4.64. The normalized spacial score (nSPS) is 10.6. The summed E-state index contributed by atoms with van der Waals surface area (Å²) in [5, 5.41) is 9.51. The van der Waals surface area contributed by atoms with Gasteiger partial charge in [0.1, 0.15) is 40.0 Å². The number of carbonyl (C=O) groups excluding carboxylic acids is 3. The number of ketones is 3. The van der Waals surface area contributed by atoms with Gasteiger partial charge >= 0.3 is 0 Å². The highest BCUT2D eigenvalue weighted by Crippen LogP contribution is 2.25. The third-order valence-corrected chi connectivity index (χ3v) is 7.05. The maximum absolute atomic E-state index is 13.9. The number of furan rings is 3. The zero-order valence-corrected chi connectivity index (χ0v) is 27.7. The van der Waals surface area contributed by atoms with Crippen molar-refractivity contribution in [1.29, 1.82) is 0 Å². The van der Waals surface area contributed by atoms with Gasteiger partial charge in [-0.3, -0.25) is 18.8 Å². The van der Waals surface area contributed by atoms with Crippen molar-refractivity contribution in [3.05, 3.63) is 107 Å². The van der Waals surface area contributed by atoms with Gasteiger partial charge in [0.2, 0.25) is 0 Å². The number of hydrogen-bond donors (Lipinski definition) is 3. The van der Waals surface area contributed by atoms with E-state index in [0.717, 1.165) is 11.5 Å². The van der Waals surface area contributed by atoms with Crippen LogP contribution in [0.4, 0.5) is 22.0 Å². The van der Waals surface area contributed by atoms with Crippen molar-refractivity contribution in [1.82, 2.24) is 16.0 Å². The van der Waals surface area contributed by atoms with Crippen LogP contribution in [0.25, 0.3) is 32.9 Å². The topological polar surface area (TPSA) is 127 Å². The number of halogens is 5. The number of rotatable bonds is 11. The molecule has 3 aromatic heterocycles. The molecular weight excluding hydrogens is 665 g/mol. The summed E-state index contributed by atoms with van der Waals surface area (Å²) in [5.41, 5.74) is 0.693. The number of benzene rings is 3. The second kappa shape index (κ2) is 19.1. The molecule has 3 N–H and O–H groups in total. The second-order valence-corrected chi connectivity index (χ2v) is 10.3. The van der Waals surface area contributed by atoms with Crippen LogP contribution < -0.4 is 16.0 Å². The van der Waals surface area contributed by atoms with Crippen molar-refractivity contribution in [3.8, 4) is 0 Å². The lowest BCUT2D eigenvalue weighted by Crippen LogP contribution is -2.23. The molecule has 50 heavy (non-hydrogen) atoms. The molecule has 0 aliphatic rings. The lowest BCUT2D eigenvalue weighted by Gasteiger charge is -2.04. The predicted octanol–water partition coefficient (Wildman–Crippen LogP) is 7.43. The third kappa shape index (κ3) is 9.49. The van der Waals surface area contributed by atoms with E-state index in [1.54, 1.807) is 12.1 Å². The Kier molecular flexibility index (Phi) is 15.0. The first-order chi connectivity index (χ1) is 24.1. The molecule has 0 atom stereocenters. The van der Waals surface area contributed by atoms with E-state index in [4.69, 9.17) is 13.3 Å². The molecule has 0 aliphatic heterocycles. The summed E-state index contributed by atoms with van der Waals surface area (Å²) in [6, 6.07) is 11.4. The summed E-state index contributed by atoms with van der Waals surface area (Å²) in [6.07, 6.45) is 4.13. The van der Waals surface area contributed by atoms with Crippen LogP contribution in [0.1, 0.15) is 44.9 Å². The molecule has 0 unspecified atom stereocenters. The second-order valence-electron chi connectivity index (χ2n) is 10.3. The van der Waals surface area contributed by atoms with Crippen LogP contribution in [-0.4, -0.2) is 64.3 Å². The molecule has 0 aliphatic carbocycles. The molecule has 14 heteroatoms. The highest BCUT2D eigenvalue weighted by molar-refractivity contribution is 6.02. The monoisotopic (exact) mass is 701 g/mol. The minimum atomic E-state index is -0.903. The van der Waals surface area contributed by atoms with Gasteiger partial charge in [0, 0.05) is 17.5 Å². The Hall–Kier alpha value is -5.18. The van der Waals surface area contributed by atoms with E-state index >= 15 is 0 Å². The van der Waals surface area contributed by atoms with E-state index in [-0.39, 0.29) is 53.3 Å². The van der Waals surface area contributed by atoms with Gasteiger partial charge in [-0.05, 0) is 56.5 Å². The molecule has 6 rings (SSSR count). The number of hydrogen-bond acceptors (Lipinski definition) is 9. The van der Waals surface area contributed by atoms with Crippen LogP contribution in [-0.2, 0) is 0 Å². The lowest BCUT2D eigenvalue weighted by atomic mass is 10.1. The molecule has 0 saturated carbocycles. The lowest BCUT2D eigenvalue weighted by molar-refractivity contribution is 0.0978. The van der Waals surface area contributed by atoms with E-state index in [9.17, 15) is 36.3 Å². The van der Waals surface area contributed by atoms with E-state index in [0.29, 0.717) is 36.8 Å². The van der Waals surface area contributed by atoms with Gasteiger partial charge in [-0.1, -0.05) is 13.8 Å². The van der Waals surface area contributed by atoms with E-state index in [1.807, 2.05) is 13.8 Å². The first kappa shape index (κ1) is 39.3. The standard InChI is InChI=1S/2C12H12FNO2.C11H9F2NO2.CH3F/c1-2-14-7-11(15)9-5-8-3-4-16-12(8)6-10(9)13;1-2-14-7-10(15)8-3-4-11-9(12(8)13)5-6-16-11;1-14-5-8(15)10-7(12)4-9-6(11(10)13)2-3-16-9;1-2/h2*3-6,14H,2,7H2,1H3;2-4,14H,5H2,1H3;1H3. The molecule has 6 aromatic rings. The van der Waals surface area contributed by atoms with Crippen molar-refractivity contribution in [3.63, 3.8) is 0 Å². The van der Waals surface area contributed by atoms with Gasteiger partial charge in [0.25, 0.3) is 0 Å². The van der Waals surface area contributed by atoms with Gasteiger partial charge in [0.15, 0.2) is 17.3 Å². The maximum Gasteiger partial charge on any atom is 0.182 e. The van der Waals surface area contributed by atoms with Crippen molar-refractivity contribution >= 4 is 50.3 Å². The Labute approximate surface area is 283 Å². The van der Waals surface area contributed by atoms with E-state index in [1.165, 1.54) is 56.2 Å². The molecule has 3 heterocycles. The molecule has 0 spiro atoms. The van der Waals surface area contributed by atoms with Gasteiger partial charge in [0.05, 0.1) is 73.1 Å². The van der Waals surface area contributed by atoms with Crippen molar-refractivity contribution < 1.29 is 49.6 Å². The first-order valence-electron chi connectivity index (χ1n) is 15.3. The number of fused-ring (bicyclic) bond motifs is 3. The quantitative estimate of drug-likeness (QED) is 0.0934. The highest BCUT2D eigenvalue weighted by atomic mass is 19.1. The van der Waals surface area contributed by atoms with Gasteiger partial charge in [-0.25, -0.2) is 17.6 Å². The largest absolute Gasteiger partial charge is 0.464 e. The minimum absolute atomic E-state index is 0.0935. The molecular formula is C36H36F5N3O6. The third-order valence-electron chi connectivity index (χ3n) is 7.05. The number of Topliss-reactive ketones (excluding diaryl/α,β-unsaturated/α-hetero) is 3. The fourth-order valence-corrected chi connectivity index (χ4v) is 4.64. The van der Waals surface area contributed by atoms with Crippen molar-refractivity contribution in [2.24, 2.45) is 0 Å². The van der Waals surface area contributed by atoms with Crippen LogP contribution in [0.5, 0.6) is 0 Å². The van der Waals surface area contributed by atoms with E-state index < -0.39 is 34.6 Å². The smallest absolute Gasteiger partial charge is 0.182 e. The predicted molar refractivity (Wildman–Crippen MR) is 180 cm³/mol. The summed E-state index contributed by atoms with van der Waals surface area (Å²) >= 11 is 0. The zero-order valence-electron chi connectivity index (χ0n) is 27.7. The Bertz CT molecular complexity index is 2030. The Balaban J connectivity index is 0.000000198. The number of nitrogens with one attached hydrogen (secondary N) is 3. The maximum atomic E-state index is 13.9. The average Bonchev–Trinajstić information content (AvgIpc) is 3.89. The van der Waals surface area contributed by atoms with Crippen LogP contribution >= 0.6 is 0 Å². The Morgan fingerprint density at radius 3 is 1.76 bits per heavy atom. The number of carbonyl (C=O) groups is 3. The molecule has 3 aromatic carbocycles. The molecule has 0 saturated heterocycles. The minimum Gasteiger partial charge on any atom is -0.464 e. The SMILES string of the molecule is CCNCC(=O)c1cc2ccoc2cc1F.CCNCC(=O)c1ccc2occc2c1F.CF.CNCC(=O)c1c(F)cc2occc2c1F. The fraction of sp³-hybridized carbons (Fsp3) is 0.250. The van der Waals surface area contributed by atoms with Crippen molar-refractivity contribution in [2.45, 2.75) is 13.8 Å². The summed E-state index contributed by atoms with van der Waals surface area (Å²) in [4.78, 5) is 34.8. The van der Waals surface area contributed by atoms with E-state index in [2.05, 4.69) is 16.0 Å². The summed E-state index contributed by atoms with van der Waals surface area (Å²) in [5.74, 6) is -3.94. The average molecular weight is 702 g/mol. The molecule has 266 valence electrons.